The number of unbranched alkanes of at least 4 members (excludes halogenated alkanes) is 1. The molecule has 0 aliphatic carbocycles. The maximum absolute atomic E-state index is 14.4. The Balaban J connectivity index is 1.48. The molecule has 72 heavy (non-hydrogen) atoms. The number of rotatable bonds is 29. The molecule has 7 unspecified atom stereocenters. The normalized spacial score (nSPS) is 15.8. The number of fused-ring (bicyclic) bond motifs is 1. The predicted molar refractivity (Wildman–Crippen MR) is 273 cm³/mol. The summed E-state index contributed by atoms with van der Waals surface area (Å²) in [7, 11) is 0. The molecule has 7 amide bonds. The number of phenolic OH excluding ortho intramolecular Hbond substituents is 1. The van der Waals surface area contributed by atoms with Crippen LogP contribution in [0.2, 0.25) is 0 Å². The number of carboxylic acids is 1. The molecule has 1 aromatic heterocycles. The van der Waals surface area contributed by atoms with E-state index in [4.69, 9.17) is 22.9 Å². The maximum atomic E-state index is 14.4. The zero-order valence-electron chi connectivity index (χ0n) is 40.7. The number of aromatic nitrogens is 1. The van der Waals surface area contributed by atoms with Gasteiger partial charge in [0, 0.05) is 48.8 Å². The molecule has 2 heterocycles. The number of H-pyrrole nitrogens is 1. The number of carbonyl (C=O) groups excluding carboxylic acids is 7. The van der Waals surface area contributed by atoms with Crippen LogP contribution in [0.15, 0.2) is 59.7 Å². The van der Waals surface area contributed by atoms with Gasteiger partial charge in [0.05, 0.1) is 12.6 Å². The monoisotopic (exact) mass is 1020 g/mol. The lowest BCUT2D eigenvalue weighted by atomic mass is 10.0. The molecule has 3 aromatic rings. The van der Waals surface area contributed by atoms with Crippen LogP contribution in [0.1, 0.15) is 76.3 Å². The number of aromatic amines is 1. The molecular formula is C48H71N13O10S. The van der Waals surface area contributed by atoms with Crippen LogP contribution in [-0.2, 0) is 51.2 Å². The van der Waals surface area contributed by atoms with E-state index in [9.17, 15) is 48.6 Å². The Morgan fingerprint density at radius 2 is 1.43 bits per heavy atom. The molecule has 0 bridgehead atoms. The summed E-state index contributed by atoms with van der Waals surface area (Å²) >= 11 is 4.28. The minimum atomic E-state index is -1.41. The second kappa shape index (κ2) is 28.8. The van der Waals surface area contributed by atoms with Gasteiger partial charge in [0.25, 0.3) is 0 Å². The van der Waals surface area contributed by atoms with E-state index < -0.39 is 96.2 Å². The first-order valence-electron chi connectivity index (χ1n) is 24.1. The van der Waals surface area contributed by atoms with Crippen LogP contribution < -0.4 is 54.8 Å². The van der Waals surface area contributed by atoms with Crippen LogP contribution in [0, 0.1) is 5.92 Å². The number of hydrogen-bond donors (Lipinski definition) is 14. The van der Waals surface area contributed by atoms with Crippen molar-refractivity contribution in [1.82, 2.24) is 41.8 Å². The summed E-state index contributed by atoms with van der Waals surface area (Å²) in [6, 6.07) is 4.83. The Kier molecular flexibility index (Phi) is 23.1. The predicted octanol–water partition coefficient (Wildman–Crippen LogP) is -1.24. The molecule has 1 aliphatic heterocycles. The van der Waals surface area contributed by atoms with Gasteiger partial charge >= 0.3 is 5.97 Å². The molecule has 24 heteroatoms. The number of amides is 7. The first-order valence-corrected chi connectivity index (χ1v) is 24.7. The number of benzene rings is 2. The Morgan fingerprint density at radius 3 is 2.07 bits per heavy atom. The summed E-state index contributed by atoms with van der Waals surface area (Å²) in [6.07, 6.45) is 4.20. The van der Waals surface area contributed by atoms with Crippen LogP contribution in [-0.4, -0.2) is 148 Å². The van der Waals surface area contributed by atoms with Crippen molar-refractivity contribution >= 4 is 76.8 Å². The second-order valence-electron chi connectivity index (χ2n) is 18.2. The number of aliphatic carboxylic acids is 1. The summed E-state index contributed by atoms with van der Waals surface area (Å²) in [6.45, 7) is 4.00. The number of aliphatic imine (C=N–C) groups is 1. The highest BCUT2D eigenvalue weighted by molar-refractivity contribution is 7.80. The number of para-hydroxylation sites is 1. The Morgan fingerprint density at radius 1 is 0.806 bits per heavy atom. The molecule has 4 rings (SSSR count). The summed E-state index contributed by atoms with van der Waals surface area (Å²) in [5.41, 5.74) is 24.4. The largest absolute Gasteiger partial charge is 0.508 e. The zero-order valence-corrected chi connectivity index (χ0v) is 41.6. The van der Waals surface area contributed by atoms with Crippen LogP contribution in [0.5, 0.6) is 5.75 Å². The number of carbonyl (C=O) groups is 8. The highest BCUT2D eigenvalue weighted by atomic mass is 32.1. The third-order valence-corrected chi connectivity index (χ3v) is 12.4. The summed E-state index contributed by atoms with van der Waals surface area (Å²) in [4.78, 5) is 117. The van der Waals surface area contributed by atoms with Gasteiger partial charge in [0.1, 0.15) is 42.0 Å². The lowest BCUT2D eigenvalue weighted by Crippen LogP contribution is -2.59. The number of phenols is 1. The van der Waals surface area contributed by atoms with Crippen molar-refractivity contribution in [2.45, 2.75) is 120 Å². The van der Waals surface area contributed by atoms with Crippen molar-refractivity contribution in [2.24, 2.45) is 33.8 Å². The average Bonchev–Trinajstić information content (AvgIpc) is 4.00. The molecule has 1 saturated heterocycles. The number of likely N-dealkylation sites (tertiary alicyclic amines) is 1. The molecule has 1 aliphatic rings. The van der Waals surface area contributed by atoms with E-state index in [0.29, 0.717) is 49.8 Å². The number of guanidine groups is 1. The van der Waals surface area contributed by atoms with Gasteiger partial charge in [-0.2, -0.15) is 12.6 Å². The van der Waals surface area contributed by atoms with Crippen LogP contribution in [0.4, 0.5) is 0 Å². The van der Waals surface area contributed by atoms with Gasteiger partial charge in [-0.1, -0.05) is 44.2 Å². The van der Waals surface area contributed by atoms with Gasteiger partial charge in [0.15, 0.2) is 5.96 Å². The van der Waals surface area contributed by atoms with Crippen molar-refractivity contribution in [3.05, 3.63) is 65.9 Å². The van der Waals surface area contributed by atoms with E-state index in [1.165, 1.54) is 29.2 Å². The first kappa shape index (κ1) is 57.7. The highest BCUT2D eigenvalue weighted by Gasteiger charge is 2.38. The molecule has 0 spiro atoms. The Hall–Kier alpha value is -6.92. The SMILES string of the molecule is CC(C)CC(N)C(=O)NC(CCCCN)C(=O)N1CCCC1C(=O)NCC(=O)NC(CS)C(=O)NC(Cc1ccc(O)cc1)C(=O)NC(Cc1c[nH]c2ccccc12)C(=O)NC(CCCN=C(N)N)C(=O)O. The van der Waals surface area contributed by atoms with Gasteiger partial charge in [-0.3, -0.25) is 38.6 Å². The number of hydrogen-bond acceptors (Lipinski definition) is 13. The van der Waals surface area contributed by atoms with Crippen LogP contribution in [0.3, 0.4) is 0 Å². The maximum Gasteiger partial charge on any atom is 0.326 e. The van der Waals surface area contributed by atoms with Crippen molar-refractivity contribution in [3.8, 4) is 5.75 Å². The van der Waals surface area contributed by atoms with Gasteiger partial charge < -0.3 is 74.9 Å². The fourth-order valence-corrected chi connectivity index (χ4v) is 8.51. The third kappa shape index (κ3) is 18.0. The van der Waals surface area contributed by atoms with Crippen LogP contribution in [0.25, 0.3) is 10.9 Å². The minimum Gasteiger partial charge on any atom is -0.508 e. The minimum absolute atomic E-state index is 0.0453. The van der Waals surface area contributed by atoms with Gasteiger partial charge in [-0.15, -0.1) is 0 Å². The van der Waals surface area contributed by atoms with Crippen molar-refractivity contribution in [3.63, 3.8) is 0 Å². The summed E-state index contributed by atoms with van der Waals surface area (Å²) in [5.74, 6) is -6.56. The van der Waals surface area contributed by atoms with Gasteiger partial charge in [0.2, 0.25) is 41.4 Å². The molecule has 0 saturated carbocycles. The summed E-state index contributed by atoms with van der Waals surface area (Å²) in [5, 5.41) is 36.4. The second-order valence-corrected chi connectivity index (χ2v) is 18.6. The molecule has 2 aromatic carbocycles. The number of nitrogens with zero attached hydrogens (tertiary/aromatic N) is 2. The standard InChI is InChI=1S/C48H71N13O10S/c1-27(2)21-32(50)41(64)57-34(11-5-6-18-49)46(69)61-20-8-13-39(61)45(68)55-25-40(63)56-38(26-72)44(67)59-36(22-28-14-16-30(62)17-15-28)42(65)60-37(23-29-24-54-33-10-4-3-9-31(29)33)43(66)58-35(47(70)71)12-7-19-53-48(51)52/h3-4,9-10,14-17,24,27,32,34-39,54,62,72H,5-8,11-13,18-23,25-26,49-50H2,1-2H3,(H,55,68)(H,56,63)(H,57,64)(H,58,66)(H,59,67)(H,60,65)(H,70,71)(H4,51,52,53). The van der Waals surface area contributed by atoms with Crippen molar-refractivity contribution in [1.29, 1.82) is 0 Å². The molecule has 23 nitrogen and oxygen atoms in total. The van der Waals surface area contributed by atoms with E-state index in [2.05, 4.69) is 54.5 Å². The van der Waals surface area contributed by atoms with Crippen molar-refractivity contribution in [2.75, 3.05) is 31.9 Å². The number of nitrogens with two attached hydrogens (primary N) is 4. The van der Waals surface area contributed by atoms with Gasteiger partial charge in [-0.05, 0) is 93.2 Å². The number of carboxylic acid groups (broad SMARTS) is 1. The lowest BCUT2D eigenvalue weighted by molar-refractivity contribution is -0.142. The number of nitrogens with one attached hydrogen (secondary N) is 7. The average molecular weight is 1020 g/mol. The van der Waals surface area contributed by atoms with E-state index in [-0.39, 0.29) is 68.6 Å². The lowest BCUT2D eigenvalue weighted by Gasteiger charge is -2.29. The van der Waals surface area contributed by atoms with E-state index in [0.717, 1.165) is 10.9 Å². The van der Waals surface area contributed by atoms with Crippen molar-refractivity contribution < 1.29 is 48.6 Å². The molecule has 394 valence electrons. The quantitative estimate of drug-likeness (QED) is 0.0168. The number of thiol groups is 1. The number of aromatic hydroxyl groups is 1. The zero-order chi connectivity index (χ0) is 52.9. The molecular weight excluding hydrogens is 951 g/mol. The third-order valence-electron chi connectivity index (χ3n) is 12.0. The Bertz CT molecular complexity index is 2360. The van der Waals surface area contributed by atoms with E-state index >= 15 is 0 Å². The highest BCUT2D eigenvalue weighted by Crippen LogP contribution is 2.22. The van der Waals surface area contributed by atoms with Gasteiger partial charge in [-0.25, -0.2) is 4.79 Å². The topological polar surface area (TPSA) is 385 Å². The smallest absolute Gasteiger partial charge is 0.326 e. The van der Waals surface area contributed by atoms with Crippen LogP contribution >= 0.6 is 12.6 Å². The summed E-state index contributed by atoms with van der Waals surface area (Å²) < 4.78 is 0. The molecule has 7 atom stereocenters. The Labute approximate surface area is 423 Å². The fourth-order valence-electron chi connectivity index (χ4n) is 8.26. The fraction of sp³-hybridized carbons (Fsp3) is 0.521. The first-order chi connectivity index (χ1) is 34.3. The molecule has 0 radical (unpaired) electrons. The molecule has 17 N–H and O–H groups in total. The van der Waals surface area contributed by atoms with E-state index in [1.54, 1.807) is 12.3 Å². The van der Waals surface area contributed by atoms with E-state index in [1.807, 2.05) is 32.0 Å². The molecule has 1 fully saturated rings.